The van der Waals surface area contributed by atoms with Crippen molar-refractivity contribution in [1.29, 1.82) is 0 Å². The van der Waals surface area contributed by atoms with E-state index in [1.54, 1.807) is 14.2 Å². The van der Waals surface area contributed by atoms with Crippen LogP contribution in [0.2, 0.25) is 0 Å². The Morgan fingerprint density at radius 2 is 1.83 bits per heavy atom. The summed E-state index contributed by atoms with van der Waals surface area (Å²) in [6, 6.07) is 13.2. The molecule has 0 saturated carbocycles. The van der Waals surface area contributed by atoms with Crippen molar-refractivity contribution in [1.82, 2.24) is 4.90 Å². The zero-order chi connectivity index (χ0) is 33.3. The molecule has 0 aliphatic carbocycles. The van der Waals surface area contributed by atoms with Gasteiger partial charge < -0.3 is 38.5 Å². The summed E-state index contributed by atoms with van der Waals surface area (Å²) in [4.78, 5) is 31.5. The minimum Gasteiger partial charge on any atom is -0.497 e. The molecule has 1 N–H and O–H groups in total. The number of ether oxygens (including phenoxy) is 5. The number of piperidine rings is 1. The lowest BCUT2D eigenvalue weighted by Crippen LogP contribution is -2.64. The highest BCUT2D eigenvalue weighted by Crippen LogP contribution is 2.43. The van der Waals surface area contributed by atoms with Gasteiger partial charge in [0, 0.05) is 32.8 Å². The third-order valence-electron chi connectivity index (χ3n) is 8.43. The molecule has 0 bridgehead atoms. The van der Waals surface area contributed by atoms with E-state index in [0.29, 0.717) is 19.0 Å². The normalized spacial score (nSPS) is 21.3. The molecule has 4 atom stereocenters. The molecule has 13 heteroatoms. The van der Waals surface area contributed by atoms with Gasteiger partial charge in [0.1, 0.15) is 18.1 Å². The maximum Gasteiger partial charge on any atom is 0.407 e. The summed E-state index contributed by atoms with van der Waals surface area (Å²) >= 11 is 0. The van der Waals surface area contributed by atoms with Gasteiger partial charge in [-0.2, -0.15) is 0 Å². The van der Waals surface area contributed by atoms with Gasteiger partial charge in [0.2, 0.25) is 0 Å². The van der Waals surface area contributed by atoms with Crippen LogP contribution in [-0.4, -0.2) is 99.7 Å². The summed E-state index contributed by atoms with van der Waals surface area (Å²) in [6.07, 6.45) is -1.09. The van der Waals surface area contributed by atoms with Gasteiger partial charge in [0.15, 0.2) is 0 Å². The molecule has 13 nitrogen and oxygen atoms in total. The molecular weight excluding hydrogens is 598 g/mol. The minimum atomic E-state index is -1.07. The van der Waals surface area contributed by atoms with Crippen molar-refractivity contribution in [2.75, 3.05) is 65.2 Å². The average Bonchev–Trinajstić information content (AvgIpc) is 3.02. The van der Waals surface area contributed by atoms with Crippen LogP contribution in [0.4, 0.5) is 10.5 Å². The summed E-state index contributed by atoms with van der Waals surface area (Å²) in [6.45, 7) is 9.30. The standard InChI is InChI=1S/C33H47N3O10/c1-33(2,3)31-30(45-22-23-8-13-27-26(20-23)34(15-19-44-27)14-6-16-41-4)29(24-9-11-25(42-5)12-10-24)28(21-35(31)32(37)38)43-17-7-18-46-36(39)40/h8-13,20,28-31H,6-7,14-19,21-22H2,1-5H3,(H,37,38)/t28-,29+,30-,31?/m1/s1. The van der Waals surface area contributed by atoms with Crippen molar-refractivity contribution in [2.24, 2.45) is 5.41 Å². The third-order valence-corrected chi connectivity index (χ3v) is 8.43. The lowest BCUT2D eigenvalue weighted by atomic mass is 9.71. The van der Waals surface area contributed by atoms with Crippen molar-refractivity contribution < 1.29 is 43.5 Å². The molecule has 46 heavy (non-hydrogen) atoms. The van der Waals surface area contributed by atoms with Gasteiger partial charge in [-0.25, -0.2) is 4.79 Å². The van der Waals surface area contributed by atoms with Crippen LogP contribution in [0.25, 0.3) is 0 Å². The van der Waals surface area contributed by atoms with Gasteiger partial charge in [-0.05, 0) is 53.6 Å². The minimum absolute atomic E-state index is 0.108. The van der Waals surface area contributed by atoms with Crippen molar-refractivity contribution in [3.05, 3.63) is 63.7 Å². The van der Waals surface area contributed by atoms with E-state index in [2.05, 4.69) is 15.8 Å². The van der Waals surface area contributed by atoms with Crippen molar-refractivity contribution in [3.8, 4) is 11.5 Å². The zero-order valence-electron chi connectivity index (χ0n) is 27.4. The van der Waals surface area contributed by atoms with Gasteiger partial charge >= 0.3 is 6.09 Å². The molecule has 2 aromatic rings. The molecule has 254 valence electrons. The van der Waals surface area contributed by atoms with E-state index in [0.717, 1.165) is 42.1 Å². The second-order valence-corrected chi connectivity index (χ2v) is 12.6. The summed E-state index contributed by atoms with van der Waals surface area (Å²) in [5.41, 5.74) is 2.36. The molecule has 4 rings (SSSR count). The lowest BCUT2D eigenvalue weighted by molar-refractivity contribution is -0.757. The van der Waals surface area contributed by atoms with Crippen LogP contribution >= 0.6 is 0 Å². The first-order chi connectivity index (χ1) is 22.0. The smallest absolute Gasteiger partial charge is 0.407 e. The maximum absolute atomic E-state index is 12.7. The molecule has 1 fully saturated rings. The molecular formula is C33H47N3O10. The van der Waals surface area contributed by atoms with Gasteiger partial charge in [0.05, 0.1) is 57.4 Å². The number of nitrogens with zero attached hydrogens (tertiary/aromatic N) is 3. The van der Waals surface area contributed by atoms with E-state index >= 15 is 0 Å². The van der Waals surface area contributed by atoms with Crippen LogP contribution in [0.5, 0.6) is 11.5 Å². The highest BCUT2D eigenvalue weighted by atomic mass is 16.9. The number of likely N-dealkylation sites (tertiary alicyclic amines) is 1. The monoisotopic (exact) mass is 645 g/mol. The first-order valence-electron chi connectivity index (χ1n) is 15.7. The fourth-order valence-electron chi connectivity index (χ4n) is 6.41. The number of fused-ring (bicyclic) bond motifs is 1. The number of carbonyl (C=O) groups is 1. The number of methoxy groups -OCH3 is 2. The van der Waals surface area contributed by atoms with Crippen molar-refractivity contribution in [3.63, 3.8) is 0 Å². The second-order valence-electron chi connectivity index (χ2n) is 12.6. The number of rotatable bonds is 15. The van der Waals surface area contributed by atoms with Crippen molar-refractivity contribution >= 4 is 11.8 Å². The molecule has 2 heterocycles. The number of benzene rings is 2. The molecule has 0 aromatic heterocycles. The molecule has 0 radical (unpaired) electrons. The average molecular weight is 646 g/mol. The van der Waals surface area contributed by atoms with Crippen LogP contribution in [0.1, 0.15) is 50.7 Å². The fourth-order valence-corrected chi connectivity index (χ4v) is 6.41. The Balaban J connectivity index is 1.67. The Kier molecular flexibility index (Phi) is 12.3. The topological polar surface area (TPSA) is 142 Å². The van der Waals surface area contributed by atoms with E-state index in [-0.39, 0.29) is 38.7 Å². The number of hydrogen-bond acceptors (Lipinski definition) is 10. The van der Waals surface area contributed by atoms with E-state index in [9.17, 15) is 20.0 Å². The van der Waals surface area contributed by atoms with Crippen LogP contribution < -0.4 is 14.4 Å². The van der Waals surface area contributed by atoms with Crippen LogP contribution in [0, 0.1) is 15.5 Å². The fraction of sp³-hybridized carbons (Fsp3) is 0.606. The quantitative estimate of drug-likeness (QED) is 0.159. The molecule has 1 amide bonds. The van der Waals surface area contributed by atoms with E-state index in [1.165, 1.54) is 4.90 Å². The molecule has 2 aliphatic heterocycles. The maximum atomic E-state index is 12.7. The van der Waals surface area contributed by atoms with Crippen molar-refractivity contribution in [2.45, 2.75) is 64.4 Å². The third kappa shape index (κ3) is 8.92. The number of anilines is 1. The largest absolute Gasteiger partial charge is 0.497 e. The highest BCUT2D eigenvalue weighted by molar-refractivity contribution is 5.66. The molecule has 0 spiro atoms. The first kappa shape index (κ1) is 35.1. The van der Waals surface area contributed by atoms with Gasteiger partial charge in [-0.1, -0.05) is 39.0 Å². The SMILES string of the molecule is COCCCN1CCOc2ccc(CO[C@H]3C(C(C)(C)C)N(C(=O)O)C[C@@H](OCCCO[N+](=O)[O-])[C@@H]3c3ccc(OC)cc3)cc21. The van der Waals surface area contributed by atoms with E-state index in [1.807, 2.05) is 57.2 Å². The molecule has 2 aromatic carbocycles. The van der Waals surface area contributed by atoms with Crippen LogP contribution in [0.15, 0.2) is 42.5 Å². The lowest BCUT2D eigenvalue weighted by Gasteiger charge is -2.52. The Labute approximate surface area is 270 Å². The second kappa shape index (κ2) is 16.1. The molecule has 2 aliphatic rings. The van der Waals surface area contributed by atoms with Gasteiger partial charge in [-0.3, -0.25) is 4.90 Å². The van der Waals surface area contributed by atoms with Crippen LogP contribution in [0.3, 0.4) is 0 Å². The predicted octanol–water partition coefficient (Wildman–Crippen LogP) is 4.99. The highest BCUT2D eigenvalue weighted by Gasteiger charge is 2.51. The summed E-state index contributed by atoms with van der Waals surface area (Å²) in [7, 11) is 3.30. The molecule has 1 saturated heterocycles. The Morgan fingerprint density at radius 3 is 2.48 bits per heavy atom. The Bertz CT molecular complexity index is 1290. The predicted molar refractivity (Wildman–Crippen MR) is 170 cm³/mol. The van der Waals surface area contributed by atoms with Gasteiger partial charge in [0.25, 0.3) is 5.09 Å². The Morgan fingerprint density at radius 1 is 1.07 bits per heavy atom. The summed E-state index contributed by atoms with van der Waals surface area (Å²) in [5, 5.41) is 20.2. The van der Waals surface area contributed by atoms with Gasteiger partial charge in [-0.15, -0.1) is 10.1 Å². The zero-order valence-corrected chi connectivity index (χ0v) is 27.4. The summed E-state index contributed by atoms with van der Waals surface area (Å²) < 4.78 is 29.7. The number of hydrogen-bond donors (Lipinski definition) is 1. The molecule has 1 unspecified atom stereocenters. The van der Waals surface area contributed by atoms with E-state index in [4.69, 9.17) is 23.7 Å². The summed E-state index contributed by atoms with van der Waals surface area (Å²) in [5.74, 6) is 1.16. The van der Waals surface area contributed by atoms with Crippen LogP contribution in [-0.2, 0) is 25.7 Å². The number of carboxylic acid groups (broad SMARTS) is 1. The Hall–Kier alpha value is -3.81. The number of amides is 1. The van der Waals surface area contributed by atoms with E-state index < -0.39 is 34.8 Å². The first-order valence-corrected chi connectivity index (χ1v) is 15.7.